The van der Waals surface area contributed by atoms with Crippen LogP contribution in [0.15, 0.2) is 24.5 Å². The number of rotatable bonds is 4. The van der Waals surface area contributed by atoms with Crippen LogP contribution in [0.25, 0.3) is 0 Å². The van der Waals surface area contributed by atoms with E-state index in [0.717, 1.165) is 19.3 Å². The van der Waals surface area contributed by atoms with E-state index in [4.69, 9.17) is 5.73 Å². The molecule has 1 saturated carbocycles. The highest BCUT2D eigenvalue weighted by atomic mass is 16.1. The van der Waals surface area contributed by atoms with Gasteiger partial charge < -0.3 is 11.1 Å². The summed E-state index contributed by atoms with van der Waals surface area (Å²) in [6.45, 7) is 7.19. The van der Waals surface area contributed by atoms with E-state index < -0.39 is 0 Å². The molecule has 3 unspecified atom stereocenters. The molecule has 1 aromatic heterocycles. The maximum atomic E-state index is 12.5. The Kier molecular flexibility index (Phi) is 4.99. The maximum absolute atomic E-state index is 12.5. The van der Waals surface area contributed by atoms with Gasteiger partial charge in [-0.1, -0.05) is 20.8 Å². The van der Waals surface area contributed by atoms with Crippen LogP contribution in [0.5, 0.6) is 0 Å². The van der Waals surface area contributed by atoms with Crippen molar-refractivity contribution in [3.63, 3.8) is 0 Å². The number of carbonyl (C=O) groups is 1. The molecule has 3 atom stereocenters. The molecule has 3 N–H and O–H groups in total. The number of hydrogen-bond acceptors (Lipinski definition) is 3. The van der Waals surface area contributed by atoms with Gasteiger partial charge in [0.2, 0.25) is 5.91 Å². The van der Waals surface area contributed by atoms with Crippen LogP contribution in [0.1, 0.15) is 39.2 Å². The van der Waals surface area contributed by atoms with Gasteiger partial charge in [0, 0.05) is 30.9 Å². The summed E-state index contributed by atoms with van der Waals surface area (Å²) in [4.78, 5) is 16.5. The van der Waals surface area contributed by atoms with Crippen LogP contribution in [-0.4, -0.2) is 23.5 Å². The molecule has 4 nitrogen and oxygen atoms in total. The van der Waals surface area contributed by atoms with Crippen LogP contribution in [0, 0.1) is 17.3 Å². The molecule has 1 fully saturated rings. The van der Waals surface area contributed by atoms with Crippen molar-refractivity contribution in [2.45, 2.75) is 46.1 Å². The lowest BCUT2D eigenvalue weighted by atomic mass is 9.61. The van der Waals surface area contributed by atoms with Crippen LogP contribution in [0.4, 0.5) is 0 Å². The van der Waals surface area contributed by atoms with Crippen molar-refractivity contribution >= 4 is 5.91 Å². The molecule has 0 spiro atoms. The molecule has 2 rings (SSSR count). The third-order valence-electron chi connectivity index (χ3n) is 5.28. The number of aromatic nitrogens is 1. The van der Waals surface area contributed by atoms with Gasteiger partial charge in [0.25, 0.3) is 0 Å². The fourth-order valence-corrected chi connectivity index (χ4v) is 3.32. The Hall–Kier alpha value is -1.42. The minimum atomic E-state index is -0.0432. The van der Waals surface area contributed by atoms with Crippen LogP contribution in [0.2, 0.25) is 0 Å². The first-order valence-corrected chi connectivity index (χ1v) is 7.85. The third kappa shape index (κ3) is 3.62. The summed E-state index contributed by atoms with van der Waals surface area (Å²) >= 11 is 0. The van der Waals surface area contributed by atoms with Gasteiger partial charge in [0.05, 0.1) is 0 Å². The Labute approximate surface area is 127 Å². The molecule has 1 heterocycles. The molecule has 21 heavy (non-hydrogen) atoms. The zero-order valence-electron chi connectivity index (χ0n) is 13.3. The molecule has 0 saturated heterocycles. The number of nitrogens with two attached hydrogens (primary N) is 1. The van der Waals surface area contributed by atoms with E-state index in [0.29, 0.717) is 12.5 Å². The zero-order valence-corrected chi connectivity index (χ0v) is 13.3. The number of hydrogen-bond donors (Lipinski definition) is 2. The van der Waals surface area contributed by atoms with Crippen LogP contribution < -0.4 is 11.1 Å². The van der Waals surface area contributed by atoms with Gasteiger partial charge in [-0.3, -0.25) is 9.78 Å². The number of pyridine rings is 1. The van der Waals surface area contributed by atoms with Crippen LogP contribution in [0.3, 0.4) is 0 Å². The number of amides is 1. The van der Waals surface area contributed by atoms with E-state index in [-0.39, 0.29) is 23.3 Å². The monoisotopic (exact) mass is 289 g/mol. The molecular weight excluding hydrogens is 262 g/mol. The standard InChI is InChI=1S/C17H27N3O/c1-12-15(18)5-4-14(17(12,2)3)16(21)20-11-8-13-6-9-19-10-7-13/h6-7,9-10,12,14-15H,4-5,8,11,18H2,1-3H3,(H,20,21). The molecule has 1 aliphatic rings. The lowest BCUT2D eigenvalue weighted by Gasteiger charge is -2.46. The lowest BCUT2D eigenvalue weighted by Crippen LogP contribution is -2.51. The number of nitrogens with one attached hydrogen (secondary N) is 1. The molecule has 1 amide bonds. The molecule has 0 aliphatic heterocycles. The van der Waals surface area contributed by atoms with Gasteiger partial charge in [-0.05, 0) is 48.3 Å². The maximum Gasteiger partial charge on any atom is 0.223 e. The Morgan fingerprint density at radius 1 is 1.38 bits per heavy atom. The quantitative estimate of drug-likeness (QED) is 0.892. The summed E-state index contributed by atoms with van der Waals surface area (Å²) in [7, 11) is 0. The predicted octanol–water partition coefficient (Wildman–Crippen LogP) is 2.14. The Morgan fingerprint density at radius 2 is 2.05 bits per heavy atom. The minimum Gasteiger partial charge on any atom is -0.356 e. The van der Waals surface area contributed by atoms with Gasteiger partial charge in [-0.25, -0.2) is 0 Å². The Bertz CT molecular complexity index is 472. The smallest absolute Gasteiger partial charge is 0.223 e. The van der Waals surface area contributed by atoms with E-state index in [2.05, 4.69) is 31.1 Å². The van der Waals surface area contributed by atoms with Gasteiger partial charge in [0.15, 0.2) is 0 Å². The summed E-state index contributed by atoms with van der Waals surface area (Å²) in [5.41, 5.74) is 7.31. The molecule has 4 heteroatoms. The average molecular weight is 289 g/mol. The molecule has 0 aromatic carbocycles. The van der Waals surface area contributed by atoms with E-state index in [9.17, 15) is 4.79 Å². The first-order valence-electron chi connectivity index (χ1n) is 7.85. The molecule has 0 radical (unpaired) electrons. The number of carbonyl (C=O) groups excluding carboxylic acids is 1. The molecule has 1 aromatic rings. The third-order valence-corrected chi connectivity index (χ3v) is 5.28. The second kappa shape index (κ2) is 6.56. The van der Waals surface area contributed by atoms with Gasteiger partial charge in [0.1, 0.15) is 0 Å². The van der Waals surface area contributed by atoms with Crippen LogP contribution >= 0.6 is 0 Å². The van der Waals surface area contributed by atoms with Crippen LogP contribution in [-0.2, 0) is 11.2 Å². The second-order valence-electron chi connectivity index (χ2n) is 6.80. The van der Waals surface area contributed by atoms with Crippen molar-refractivity contribution in [1.29, 1.82) is 0 Å². The van der Waals surface area contributed by atoms with Crippen molar-refractivity contribution < 1.29 is 4.79 Å². The van der Waals surface area contributed by atoms with Crippen molar-refractivity contribution in [3.8, 4) is 0 Å². The Balaban J connectivity index is 1.88. The topological polar surface area (TPSA) is 68.0 Å². The van der Waals surface area contributed by atoms with Crippen molar-refractivity contribution in [2.75, 3.05) is 6.54 Å². The summed E-state index contributed by atoms with van der Waals surface area (Å²) in [6, 6.07) is 4.18. The van der Waals surface area contributed by atoms with E-state index in [1.807, 2.05) is 12.1 Å². The second-order valence-corrected chi connectivity index (χ2v) is 6.80. The SMILES string of the molecule is CC1C(N)CCC(C(=O)NCCc2ccncc2)C1(C)C. The van der Waals surface area contributed by atoms with E-state index in [1.165, 1.54) is 5.56 Å². The first kappa shape index (κ1) is 16.0. The van der Waals surface area contributed by atoms with Crippen molar-refractivity contribution in [3.05, 3.63) is 30.1 Å². The Morgan fingerprint density at radius 3 is 2.71 bits per heavy atom. The highest BCUT2D eigenvalue weighted by Crippen LogP contribution is 2.44. The summed E-state index contributed by atoms with van der Waals surface area (Å²) < 4.78 is 0. The summed E-state index contributed by atoms with van der Waals surface area (Å²) in [6.07, 6.45) is 6.23. The normalized spacial score (nSPS) is 28.1. The molecule has 116 valence electrons. The summed E-state index contributed by atoms with van der Waals surface area (Å²) in [5, 5.41) is 3.09. The largest absolute Gasteiger partial charge is 0.356 e. The minimum absolute atomic E-state index is 0.0432. The summed E-state index contributed by atoms with van der Waals surface area (Å²) in [5.74, 6) is 0.597. The van der Waals surface area contributed by atoms with Crippen molar-refractivity contribution in [2.24, 2.45) is 23.0 Å². The van der Waals surface area contributed by atoms with Gasteiger partial charge in [-0.2, -0.15) is 0 Å². The number of nitrogens with zero attached hydrogens (tertiary/aromatic N) is 1. The van der Waals surface area contributed by atoms with E-state index in [1.54, 1.807) is 12.4 Å². The fraction of sp³-hybridized carbons (Fsp3) is 0.647. The average Bonchev–Trinajstić information content (AvgIpc) is 2.46. The highest BCUT2D eigenvalue weighted by Gasteiger charge is 2.44. The van der Waals surface area contributed by atoms with Gasteiger partial charge in [-0.15, -0.1) is 0 Å². The molecular formula is C17H27N3O. The van der Waals surface area contributed by atoms with E-state index >= 15 is 0 Å². The zero-order chi connectivity index (χ0) is 15.5. The highest BCUT2D eigenvalue weighted by molar-refractivity contribution is 5.79. The predicted molar refractivity (Wildman–Crippen MR) is 84.6 cm³/mol. The van der Waals surface area contributed by atoms with Crippen molar-refractivity contribution in [1.82, 2.24) is 10.3 Å². The van der Waals surface area contributed by atoms with Gasteiger partial charge >= 0.3 is 0 Å². The lowest BCUT2D eigenvalue weighted by molar-refractivity contribution is -0.132. The molecule has 0 bridgehead atoms. The first-order chi connectivity index (χ1) is 9.93. The fourth-order valence-electron chi connectivity index (χ4n) is 3.32. The molecule has 1 aliphatic carbocycles.